The van der Waals surface area contributed by atoms with Crippen molar-refractivity contribution < 1.29 is 9.53 Å². The van der Waals surface area contributed by atoms with E-state index in [9.17, 15) is 4.79 Å². The van der Waals surface area contributed by atoms with Crippen LogP contribution in [-0.4, -0.2) is 5.91 Å². The van der Waals surface area contributed by atoms with E-state index in [4.69, 9.17) is 33.8 Å². The van der Waals surface area contributed by atoms with Crippen molar-refractivity contribution in [2.45, 2.75) is 6.61 Å². The smallest absolute Gasteiger partial charge is 0.275 e. The zero-order valence-electron chi connectivity index (χ0n) is 9.65. The van der Waals surface area contributed by atoms with Gasteiger partial charge in [-0.05, 0) is 24.3 Å². The second-order valence-corrected chi connectivity index (χ2v) is 5.61. The van der Waals surface area contributed by atoms with E-state index in [1.165, 1.54) is 11.3 Å². The first kappa shape index (κ1) is 14.1. The summed E-state index contributed by atoms with van der Waals surface area (Å²) in [5, 5.41) is 1.04. The standard InChI is InChI=1S/C12H10Cl2N2O2S/c13-7-1-3-9(14)10(5-7)18-6-8-2-4-11(19-8)12(17)16-15/h1-5H,6,15H2,(H,16,17). The number of halogens is 2. The number of hydrogen-bond acceptors (Lipinski definition) is 4. The molecule has 2 rings (SSSR count). The monoisotopic (exact) mass is 316 g/mol. The Bertz CT molecular complexity index is 601. The van der Waals surface area contributed by atoms with Gasteiger partial charge in [-0.2, -0.15) is 0 Å². The van der Waals surface area contributed by atoms with Crippen LogP contribution in [0.1, 0.15) is 14.5 Å². The van der Waals surface area contributed by atoms with Crippen LogP contribution in [0.5, 0.6) is 5.75 Å². The van der Waals surface area contributed by atoms with Gasteiger partial charge in [0.05, 0.1) is 9.90 Å². The van der Waals surface area contributed by atoms with Crippen LogP contribution < -0.4 is 16.0 Å². The molecule has 0 saturated carbocycles. The molecule has 0 unspecified atom stereocenters. The Morgan fingerprint density at radius 1 is 1.32 bits per heavy atom. The molecule has 0 spiro atoms. The van der Waals surface area contributed by atoms with Crippen LogP contribution in [-0.2, 0) is 6.61 Å². The number of rotatable bonds is 4. The van der Waals surface area contributed by atoms with Crippen LogP contribution >= 0.6 is 34.5 Å². The Hall–Kier alpha value is -1.27. The normalized spacial score (nSPS) is 10.3. The number of benzene rings is 1. The van der Waals surface area contributed by atoms with Gasteiger partial charge in [-0.1, -0.05) is 23.2 Å². The van der Waals surface area contributed by atoms with Gasteiger partial charge >= 0.3 is 0 Å². The molecule has 0 atom stereocenters. The van der Waals surface area contributed by atoms with Gasteiger partial charge in [0.15, 0.2) is 0 Å². The molecule has 0 saturated heterocycles. The maximum atomic E-state index is 11.3. The number of amides is 1. The van der Waals surface area contributed by atoms with E-state index in [0.717, 1.165) is 4.88 Å². The quantitative estimate of drug-likeness (QED) is 0.517. The molecule has 4 nitrogen and oxygen atoms in total. The van der Waals surface area contributed by atoms with Gasteiger partial charge in [0, 0.05) is 16.0 Å². The lowest BCUT2D eigenvalue weighted by Crippen LogP contribution is -2.29. The van der Waals surface area contributed by atoms with E-state index in [2.05, 4.69) is 5.43 Å². The highest BCUT2D eigenvalue weighted by atomic mass is 35.5. The molecule has 0 aliphatic rings. The van der Waals surface area contributed by atoms with Crippen molar-refractivity contribution in [1.82, 2.24) is 5.43 Å². The molecule has 1 heterocycles. The molecule has 1 aromatic heterocycles. The SMILES string of the molecule is NNC(=O)c1ccc(COc2cc(Cl)ccc2Cl)s1. The van der Waals surface area contributed by atoms with Crippen LogP contribution in [0.2, 0.25) is 10.0 Å². The van der Waals surface area contributed by atoms with Crippen molar-refractivity contribution >= 4 is 40.4 Å². The van der Waals surface area contributed by atoms with Crippen LogP contribution in [0.15, 0.2) is 30.3 Å². The summed E-state index contributed by atoms with van der Waals surface area (Å²) in [4.78, 5) is 12.7. The molecule has 3 N–H and O–H groups in total. The van der Waals surface area contributed by atoms with Gasteiger partial charge in [-0.3, -0.25) is 10.2 Å². The molecule has 1 aromatic carbocycles. The lowest BCUT2D eigenvalue weighted by molar-refractivity contribution is 0.0957. The van der Waals surface area contributed by atoms with Gasteiger partial charge in [-0.25, -0.2) is 5.84 Å². The fourth-order valence-electron chi connectivity index (χ4n) is 1.39. The molecular formula is C12H10Cl2N2O2S. The summed E-state index contributed by atoms with van der Waals surface area (Å²) in [6, 6.07) is 8.48. The van der Waals surface area contributed by atoms with E-state index in [0.29, 0.717) is 27.3 Å². The molecular weight excluding hydrogens is 307 g/mol. The minimum absolute atomic E-state index is 0.308. The number of ether oxygens (including phenoxy) is 1. The van der Waals surface area contributed by atoms with Crippen molar-refractivity contribution in [3.8, 4) is 5.75 Å². The highest BCUT2D eigenvalue weighted by Crippen LogP contribution is 2.29. The van der Waals surface area contributed by atoms with Crippen LogP contribution in [0.25, 0.3) is 0 Å². The molecule has 19 heavy (non-hydrogen) atoms. The average Bonchev–Trinajstić information content (AvgIpc) is 2.88. The number of hydrogen-bond donors (Lipinski definition) is 2. The molecule has 0 aliphatic heterocycles. The summed E-state index contributed by atoms with van der Waals surface area (Å²) in [5.41, 5.74) is 2.08. The fraction of sp³-hybridized carbons (Fsp3) is 0.0833. The molecule has 0 bridgehead atoms. The highest BCUT2D eigenvalue weighted by Gasteiger charge is 2.09. The lowest BCUT2D eigenvalue weighted by atomic mass is 10.3. The van der Waals surface area contributed by atoms with E-state index in [-0.39, 0.29) is 5.91 Å². The van der Waals surface area contributed by atoms with Crippen molar-refractivity contribution in [2.75, 3.05) is 0 Å². The fourth-order valence-corrected chi connectivity index (χ4v) is 2.54. The number of nitrogen functional groups attached to an aromatic ring is 1. The molecule has 0 fully saturated rings. The summed E-state index contributed by atoms with van der Waals surface area (Å²) < 4.78 is 5.56. The van der Waals surface area contributed by atoms with Crippen LogP contribution in [0.4, 0.5) is 0 Å². The van der Waals surface area contributed by atoms with Crippen LogP contribution in [0, 0.1) is 0 Å². The highest BCUT2D eigenvalue weighted by molar-refractivity contribution is 7.14. The van der Waals surface area contributed by atoms with E-state index >= 15 is 0 Å². The number of nitrogens with one attached hydrogen (secondary N) is 1. The molecule has 0 radical (unpaired) electrons. The average molecular weight is 317 g/mol. The van der Waals surface area contributed by atoms with Crippen molar-refractivity contribution in [3.05, 3.63) is 50.1 Å². The molecule has 7 heteroatoms. The number of thiophene rings is 1. The maximum absolute atomic E-state index is 11.3. The van der Waals surface area contributed by atoms with Gasteiger partial charge < -0.3 is 4.74 Å². The Balaban J connectivity index is 2.04. The first-order chi connectivity index (χ1) is 9.10. The molecule has 0 aliphatic carbocycles. The predicted molar refractivity (Wildman–Crippen MR) is 76.8 cm³/mol. The van der Waals surface area contributed by atoms with Crippen molar-refractivity contribution in [3.63, 3.8) is 0 Å². The van der Waals surface area contributed by atoms with E-state index in [1.807, 2.05) is 0 Å². The molecule has 2 aromatic rings. The first-order valence-corrected chi connectivity index (χ1v) is 6.85. The van der Waals surface area contributed by atoms with Crippen LogP contribution in [0.3, 0.4) is 0 Å². The Kier molecular flexibility index (Phi) is 4.66. The van der Waals surface area contributed by atoms with Crippen molar-refractivity contribution in [1.29, 1.82) is 0 Å². The third kappa shape index (κ3) is 3.61. The second kappa shape index (κ2) is 6.25. The zero-order valence-corrected chi connectivity index (χ0v) is 12.0. The summed E-state index contributed by atoms with van der Waals surface area (Å²) in [5.74, 6) is 5.24. The topological polar surface area (TPSA) is 64.3 Å². The maximum Gasteiger partial charge on any atom is 0.275 e. The summed E-state index contributed by atoms with van der Waals surface area (Å²) in [7, 11) is 0. The third-order valence-electron chi connectivity index (χ3n) is 2.28. The van der Waals surface area contributed by atoms with Gasteiger partial charge in [0.1, 0.15) is 12.4 Å². The summed E-state index contributed by atoms with van der Waals surface area (Å²) >= 11 is 13.1. The number of carbonyl (C=O) groups excluding carboxylic acids is 1. The number of hydrazine groups is 1. The van der Waals surface area contributed by atoms with E-state index in [1.54, 1.807) is 30.3 Å². The summed E-state index contributed by atoms with van der Waals surface area (Å²) in [6.07, 6.45) is 0. The Morgan fingerprint density at radius 3 is 2.84 bits per heavy atom. The minimum atomic E-state index is -0.322. The van der Waals surface area contributed by atoms with E-state index < -0.39 is 0 Å². The zero-order chi connectivity index (χ0) is 13.8. The lowest BCUT2D eigenvalue weighted by Gasteiger charge is -2.06. The van der Waals surface area contributed by atoms with Gasteiger partial charge in [-0.15, -0.1) is 11.3 Å². The van der Waals surface area contributed by atoms with Gasteiger partial charge in [0.2, 0.25) is 0 Å². The largest absolute Gasteiger partial charge is 0.486 e. The number of nitrogens with two attached hydrogens (primary N) is 1. The summed E-state index contributed by atoms with van der Waals surface area (Å²) in [6.45, 7) is 0.308. The molecule has 1 amide bonds. The Labute approximate surface area is 124 Å². The third-order valence-corrected chi connectivity index (χ3v) is 3.88. The first-order valence-electron chi connectivity index (χ1n) is 5.27. The predicted octanol–water partition coefficient (Wildman–Crippen LogP) is 3.24. The van der Waals surface area contributed by atoms with Crippen molar-refractivity contribution in [2.24, 2.45) is 5.84 Å². The minimum Gasteiger partial charge on any atom is -0.486 e. The van der Waals surface area contributed by atoms with Gasteiger partial charge in [0.25, 0.3) is 5.91 Å². The second-order valence-electron chi connectivity index (χ2n) is 3.60. The number of carbonyl (C=O) groups is 1. The Morgan fingerprint density at radius 2 is 2.11 bits per heavy atom. The molecule has 100 valence electrons.